The Hall–Kier alpha value is -0.810. The van der Waals surface area contributed by atoms with Gasteiger partial charge in [-0.25, -0.2) is 4.79 Å². The van der Waals surface area contributed by atoms with E-state index < -0.39 is 5.54 Å². The molecule has 2 aliphatic heterocycles. The molecular weight excluding hydrogens is 194 g/mol. The molecule has 0 aliphatic carbocycles. The third-order valence-electron chi connectivity index (χ3n) is 2.52. The van der Waals surface area contributed by atoms with Crippen LogP contribution in [-0.2, 0) is 4.79 Å². The SMILES string of the molecule is CN1C(=O)NC2(CCNC2)C1=O.Cl. The summed E-state index contributed by atoms with van der Waals surface area (Å²) in [6.45, 7) is 1.35. The van der Waals surface area contributed by atoms with Crippen molar-refractivity contribution in [3.8, 4) is 0 Å². The average Bonchev–Trinajstić information content (AvgIpc) is 2.57. The van der Waals surface area contributed by atoms with Crippen molar-refractivity contribution < 1.29 is 9.59 Å². The Morgan fingerprint density at radius 1 is 1.46 bits per heavy atom. The van der Waals surface area contributed by atoms with Crippen molar-refractivity contribution in [2.45, 2.75) is 12.0 Å². The summed E-state index contributed by atoms with van der Waals surface area (Å²) in [5, 5.41) is 5.77. The number of nitrogens with one attached hydrogen (secondary N) is 2. The molecule has 2 aliphatic rings. The van der Waals surface area contributed by atoms with Gasteiger partial charge in [0, 0.05) is 13.6 Å². The second-order valence-corrected chi connectivity index (χ2v) is 3.30. The molecule has 0 aromatic heterocycles. The van der Waals surface area contributed by atoms with Crippen molar-refractivity contribution in [2.75, 3.05) is 20.1 Å². The zero-order valence-electron chi connectivity index (χ0n) is 7.29. The number of rotatable bonds is 0. The monoisotopic (exact) mass is 205 g/mol. The second kappa shape index (κ2) is 3.16. The molecule has 13 heavy (non-hydrogen) atoms. The molecule has 0 radical (unpaired) electrons. The van der Waals surface area contributed by atoms with E-state index in [0.29, 0.717) is 13.0 Å². The van der Waals surface area contributed by atoms with Gasteiger partial charge >= 0.3 is 6.03 Å². The van der Waals surface area contributed by atoms with E-state index in [2.05, 4.69) is 10.6 Å². The number of hydrogen-bond donors (Lipinski definition) is 2. The summed E-state index contributed by atoms with van der Waals surface area (Å²) < 4.78 is 0. The first kappa shape index (κ1) is 10.3. The van der Waals surface area contributed by atoms with Crippen LogP contribution in [0.4, 0.5) is 4.79 Å². The minimum Gasteiger partial charge on any atom is -0.322 e. The van der Waals surface area contributed by atoms with E-state index in [1.165, 1.54) is 7.05 Å². The normalized spacial score (nSPS) is 32.2. The third-order valence-corrected chi connectivity index (χ3v) is 2.52. The van der Waals surface area contributed by atoms with Crippen LogP contribution in [0.2, 0.25) is 0 Å². The molecule has 2 saturated heterocycles. The molecule has 0 bridgehead atoms. The summed E-state index contributed by atoms with van der Waals surface area (Å²) in [5.74, 6) is -0.113. The Labute approximate surface area is 82.3 Å². The van der Waals surface area contributed by atoms with Crippen molar-refractivity contribution in [3.05, 3.63) is 0 Å². The van der Waals surface area contributed by atoms with Crippen LogP contribution >= 0.6 is 12.4 Å². The van der Waals surface area contributed by atoms with E-state index in [1.54, 1.807) is 0 Å². The van der Waals surface area contributed by atoms with E-state index in [9.17, 15) is 9.59 Å². The quantitative estimate of drug-likeness (QED) is 0.516. The Morgan fingerprint density at radius 2 is 2.15 bits per heavy atom. The number of likely N-dealkylation sites (N-methyl/N-ethyl adjacent to an activating group) is 1. The molecule has 1 spiro atoms. The second-order valence-electron chi connectivity index (χ2n) is 3.30. The van der Waals surface area contributed by atoms with E-state index in [-0.39, 0.29) is 24.3 Å². The van der Waals surface area contributed by atoms with E-state index in [0.717, 1.165) is 11.4 Å². The van der Waals surface area contributed by atoms with Crippen LogP contribution in [0.25, 0.3) is 0 Å². The maximum atomic E-state index is 11.5. The molecule has 74 valence electrons. The van der Waals surface area contributed by atoms with Crippen LogP contribution in [0.5, 0.6) is 0 Å². The fraction of sp³-hybridized carbons (Fsp3) is 0.714. The summed E-state index contributed by atoms with van der Waals surface area (Å²) in [7, 11) is 1.50. The summed E-state index contributed by atoms with van der Waals surface area (Å²) in [5.41, 5.74) is -0.633. The van der Waals surface area contributed by atoms with Crippen molar-refractivity contribution in [1.82, 2.24) is 15.5 Å². The molecule has 3 amide bonds. The van der Waals surface area contributed by atoms with Crippen LogP contribution in [0.1, 0.15) is 6.42 Å². The molecule has 2 N–H and O–H groups in total. The van der Waals surface area contributed by atoms with Gasteiger partial charge in [-0.1, -0.05) is 0 Å². The van der Waals surface area contributed by atoms with Gasteiger partial charge in [-0.2, -0.15) is 0 Å². The van der Waals surface area contributed by atoms with Gasteiger partial charge in [0.05, 0.1) is 0 Å². The average molecular weight is 206 g/mol. The number of carbonyl (C=O) groups is 2. The molecule has 1 unspecified atom stereocenters. The standard InChI is InChI=1S/C7H11N3O2.ClH/c1-10-5(11)7(9-6(10)12)2-3-8-4-7;/h8H,2-4H2,1H3,(H,9,12);1H. The molecule has 6 heteroatoms. The van der Waals surface area contributed by atoms with Crippen LogP contribution in [0.3, 0.4) is 0 Å². The molecule has 2 fully saturated rings. The lowest BCUT2D eigenvalue weighted by atomic mass is 9.99. The van der Waals surface area contributed by atoms with Crippen LogP contribution in [-0.4, -0.2) is 42.5 Å². The summed E-state index contributed by atoms with van der Waals surface area (Å²) in [4.78, 5) is 23.8. The van der Waals surface area contributed by atoms with Gasteiger partial charge in [-0.05, 0) is 13.0 Å². The zero-order valence-corrected chi connectivity index (χ0v) is 8.11. The van der Waals surface area contributed by atoms with Gasteiger partial charge in [0.15, 0.2) is 0 Å². The number of carbonyl (C=O) groups excluding carboxylic acids is 2. The molecular formula is C7H12ClN3O2. The highest BCUT2D eigenvalue weighted by atomic mass is 35.5. The maximum absolute atomic E-state index is 11.5. The van der Waals surface area contributed by atoms with E-state index in [1.807, 2.05) is 0 Å². The van der Waals surface area contributed by atoms with Gasteiger partial charge in [0.25, 0.3) is 5.91 Å². The number of nitrogens with zero attached hydrogens (tertiary/aromatic N) is 1. The molecule has 0 saturated carbocycles. The summed E-state index contributed by atoms with van der Waals surface area (Å²) in [6, 6.07) is -0.288. The number of hydrogen-bond acceptors (Lipinski definition) is 3. The van der Waals surface area contributed by atoms with Gasteiger partial charge in [-0.3, -0.25) is 9.69 Å². The first-order valence-electron chi connectivity index (χ1n) is 3.97. The number of halogens is 1. The van der Waals surface area contributed by atoms with Crippen molar-refractivity contribution in [2.24, 2.45) is 0 Å². The highest BCUT2D eigenvalue weighted by Gasteiger charge is 2.51. The van der Waals surface area contributed by atoms with Crippen molar-refractivity contribution in [3.63, 3.8) is 0 Å². The molecule has 0 aromatic carbocycles. The predicted molar refractivity (Wildman–Crippen MR) is 48.8 cm³/mol. The zero-order chi connectivity index (χ0) is 8.77. The number of imide groups is 1. The maximum Gasteiger partial charge on any atom is 0.324 e. The van der Waals surface area contributed by atoms with Crippen LogP contribution < -0.4 is 10.6 Å². The highest BCUT2D eigenvalue weighted by Crippen LogP contribution is 2.22. The molecule has 0 aromatic rings. The van der Waals surface area contributed by atoms with Gasteiger partial charge in [-0.15, -0.1) is 12.4 Å². The number of urea groups is 1. The van der Waals surface area contributed by atoms with Gasteiger partial charge in [0.1, 0.15) is 5.54 Å². The Morgan fingerprint density at radius 3 is 2.54 bits per heavy atom. The first-order valence-corrected chi connectivity index (χ1v) is 3.97. The molecule has 2 heterocycles. The topological polar surface area (TPSA) is 61.4 Å². The Balaban J connectivity index is 0.000000845. The van der Waals surface area contributed by atoms with Crippen molar-refractivity contribution >= 4 is 24.3 Å². The van der Waals surface area contributed by atoms with Gasteiger partial charge in [0.2, 0.25) is 0 Å². The first-order chi connectivity index (χ1) is 5.66. The Kier molecular flexibility index (Phi) is 2.49. The number of amides is 3. The lowest BCUT2D eigenvalue weighted by Gasteiger charge is -2.17. The molecule has 2 rings (SSSR count). The van der Waals surface area contributed by atoms with Gasteiger partial charge < -0.3 is 10.6 Å². The smallest absolute Gasteiger partial charge is 0.322 e. The third kappa shape index (κ3) is 1.28. The molecule has 5 nitrogen and oxygen atoms in total. The largest absolute Gasteiger partial charge is 0.324 e. The lowest BCUT2D eigenvalue weighted by Crippen LogP contribution is -2.48. The fourth-order valence-corrected chi connectivity index (χ4v) is 1.74. The minimum atomic E-state index is -0.633. The van der Waals surface area contributed by atoms with E-state index in [4.69, 9.17) is 0 Å². The Bertz CT molecular complexity index is 250. The fourth-order valence-electron chi connectivity index (χ4n) is 1.74. The molecule has 1 atom stereocenters. The lowest BCUT2D eigenvalue weighted by molar-refractivity contribution is -0.129. The van der Waals surface area contributed by atoms with Crippen molar-refractivity contribution in [1.29, 1.82) is 0 Å². The highest BCUT2D eigenvalue weighted by molar-refractivity contribution is 6.07. The van der Waals surface area contributed by atoms with E-state index >= 15 is 0 Å². The predicted octanol–water partition coefficient (Wildman–Crippen LogP) is -0.678. The summed E-state index contributed by atoms with van der Waals surface area (Å²) in [6.07, 6.45) is 0.696. The van der Waals surface area contributed by atoms with Crippen LogP contribution in [0.15, 0.2) is 0 Å². The minimum absolute atomic E-state index is 0. The summed E-state index contributed by atoms with van der Waals surface area (Å²) >= 11 is 0. The van der Waals surface area contributed by atoms with Crippen LogP contribution in [0, 0.1) is 0 Å².